The van der Waals surface area contributed by atoms with Gasteiger partial charge in [0, 0.05) is 5.70 Å². The third-order valence-electron chi connectivity index (χ3n) is 4.54. The quantitative estimate of drug-likeness (QED) is 0.550. The molecule has 0 saturated heterocycles. The molecule has 0 amide bonds. The molecular weight excluding hydrogens is 360 g/mol. The number of carbonyl (C=O) groups excluding carboxylic acids is 1. The first-order valence-corrected chi connectivity index (χ1v) is 9.45. The number of nitrogens with zero attached hydrogens (tertiary/aromatic N) is 3. The van der Waals surface area contributed by atoms with E-state index in [1.165, 1.54) is 13.4 Å². The monoisotopic (exact) mass is 386 g/mol. The van der Waals surface area contributed by atoms with Crippen molar-refractivity contribution in [3.8, 4) is 11.5 Å². The zero-order valence-electron chi connectivity index (χ0n) is 16.7. The summed E-state index contributed by atoms with van der Waals surface area (Å²) < 4.78 is 18.4. The van der Waals surface area contributed by atoms with Crippen molar-refractivity contribution in [2.75, 3.05) is 25.6 Å². The molecule has 1 aromatic heterocycles. The second kappa shape index (κ2) is 8.77. The van der Waals surface area contributed by atoms with Gasteiger partial charge in [0.15, 0.2) is 11.5 Å². The fourth-order valence-corrected chi connectivity index (χ4v) is 3.18. The smallest absolute Gasteiger partial charge is 0.338 e. The normalized spacial score (nSPS) is 15.6. The average Bonchev–Trinajstić information content (AvgIpc) is 3.15. The molecule has 1 unspecified atom stereocenters. The molecule has 0 radical (unpaired) electrons. The number of nitrogens with one attached hydrogen (secondary N) is 1. The Morgan fingerprint density at radius 2 is 2.07 bits per heavy atom. The van der Waals surface area contributed by atoms with Gasteiger partial charge < -0.3 is 19.5 Å². The Labute approximate surface area is 164 Å². The molecule has 0 bridgehead atoms. The number of methoxy groups -OCH3 is 1. The highest BCUT2D eigenvalue weighted by Crippen LogP contribution is 2.38. The third kappa shape index (κ3) is 3.81. The van der Waals surface area contributed by atoms with Crippen molar-refractivity contribution in [1.82, 2.24) is 14.8 Å². The second-order valence-corrected chi connectivity index (χ2v) is 6.43. The first-order valence-electron chi connectivity index (χ1n) is 9.45. The van der Waals surface area contributed by atoms with Gasteiger partial charge in [0.2, 0.25) is 5.95 Å². The van der Waals surface area contributed by atoms with Crippen LogP contribution in [0.25, 0.3) is 0 Å². The first-order chi connectivity index (χ1) is 13.6. The number of aromatic nitrogens is 3. The number of hydrogen-bond acceptors (Lipinski definition) is 7. The van der Waals surface area contributed by atoms with E-state index in [1.54, 1.807) is 4.68 Å². The van der Waals surface area contributed by atoms with Crippen molar-refractivity contribution in [3.63, 3.8) is 0 Å². The number of fused-ring (bicyclic) bond motifs is 1. The summed E-state index contributed by atoms with van der Waals surface area (Å²) in [5.41, 5.74) is 1.99. The fraction of sp³-hybridized carbons (Fsp3) is 0.450. The molecule has 8 nitrogen and oxygen atoms in total. The van der Waals surface area contributed by atoms with Crippen molar-refractivity contribution in [2.45, 2.75) is 39.7 Å². The minimum atomic E-state index is -0.477. The molecule has 0 saturated carbocycles. The average molecular weight is 386 g/mol. The lowest BCUT2D eigenvalue weighted by molar-refractivity contribution is -0.136. The molecule has 3 rings (SSSR count). The van der Waals surface area contributed by atoms with Crippen LogP contribution >= 0.6 is 0 Å². The Morgan fingerprint density at radius 3 is 2.79 bits per heavy atom. The molecule has 0 fully saturated rings. The van der Waals surface area contributed by atoms with Crippen LogP contribution in [0.5, 0.6) is 11.5 Å². The minimum Gasteiger partial charge on any atom is -0.490 e. The van der Waals surface area contributed by atoms with Gasteiger partial charge in [-0.05, 0) is 38.0 Å². The molecule has 8 heteroatoms. The molecule has 1 aromatic carbocycles. The molecular formula is C20H26N4O4. The number of hydrogen-bond donors (Lipinski definition) is 1. The molecule has 2 heterocycles. The van der Waals surface area contributed by atoms with Gasteiger partial charge in [-0.3, -0.25) is 0 Å². The van der Waals surface area contributed by atoms with E-state index in [0.29, 0.717) is 41.9 Å². The van der Waals surface area contributed by atoms with E-state index in [-0.39, 0.29) is 0 Å². The van der Waals surface area contributed by atoms with Crippen LogP contribution in [0.3, 0.4) is 0 Å². The van der Waals surface area contributed by atoms with E-state index in [0.717, 1.165) is 18.4 Å². The molecule has 28 heavy (non-hydrogen) atoms. The fourth-order valence-electron chi connectivity index (χ4n) is 3.18. The van der Waals surface area contributed by atoms with Gasteiger partial charge in [0.1, 0.15) is 12.4 Å². The molecule has 1 aliphatic heterocycles. The van der Waals surface area contributed by atoms with Crippen molar-refractivity contribution >= 4 is 11.9 Å². The topological polar surface area (TPSA) is 87.5 Å². The second-order valence-electron chi connectivity index (χ2n) is 6.43. The SMILES string of the molecule is CCCCOc1ccc(C2C(C(=O)OC)=C(C)Nc3ncnn32)cc1OCC. The summed E-state index contributed by atoms with van der Waals surface area (Å²) in [5, 5.41) is 7.41. The molecule has 0 spiro atoms. The van der Waals surface area contributed by atoms with Gasteiger partial charge in [-0.15, -0.1) is 0 Å². The van der Waals surface area contributed by atoms with Crippen LogP contribution in [0, 0.1) is 0 Å². The highest BCUT2D eigenvalue weighted by Gasteiger charge is 2.34. The zero-order chi connectivity index (χ0) is 20.1. The van der Waals surface area contributed by atoms with E-state index in [2.05, 4.69) is 22.3 Å². The molecule has 0 aliphatic carbocycles. The van der Waals surface area contributed by atoms with E-state index in [4.69, 9.17) is 14.2 Å². The lowest BCUT2D eigenvalue weighted by Gasteiger charge is -2.28. The Balaban J connectivity index is 2.04. The van der Waals surface area contributed by atoms with Crippen LogP contribution in [-0.4, -0.2) is 41.1 Å². The van der Waals surface area contributed by atoms with Crippen molar-refractivity contribution in [1.29, 1.82) is 0 Å². The lowest BCUT2D eigenvalue weighted by Crippen LogP contribution is -2.29. The maximum absolute atomic E-state index is 12.5. The van der Waals surface area contributed by atoms with Crippen LogP contribution in [0.15, 0.2) is 35.8 Å². The molecule has 2 aromatic rings. The van der Waals surface area contributed by atoms with Gasteiger partial charge in [0.05, 0.1) is 25.9 Å². The number of carbonyl (C=O) groups is 1. The van der Waals surface area contributed by atoms with Crippen LogP contribution < -0.4 is 14.8 Å². The van der Waals surface area contributed by atoms with E-state index in [9.17, 15) is 4.79 Å². The summed E-state index contributed by atoms with van der Waals surface area (Å²) in [6.07, 6.45) is 3.48. The zero-order valence-corrected chi connectivity index (χ0v) is 16.7. The maximum atomic E-state index is 12.5. The molecule has 1 atom stereocenters. The largest absolute Gasteiger partial charge is 0.490 e. The minimum absolute atomic E-state index is 0.419. The number of esters is 1. The van der Waals surface area contributed by atoms with Crippen LogP contribution in [0.2, 0.25) is 0 Å². The van der Waals surface area contributed by atoms with E-state index in [1.807, 2.05) is 32.0 Å². The Kier molecular flexibility index (Phi) is 6.18. The van der Waals surface area contributed by atoms with Crippen LogP contribution in [-0.2, 0) is 9.53 Å². The summed E-state index contributed by atoms with van der Waals surface area (Å²) in [5.74, 6) is 1.47. The molecule has 150 valence electrons. The lowest BCUT2D eigenvalue weighted by atomic mass is 9.95. The highest BCUT2D eigenvalue weighted by molar-refractivity contribution is 5.92. The predicted molar refractivity (Wildman–Crippen MR) is 105 cm³/mol. The maximum Gasteiger partial charge on any atom is 0.338 e. The first kappa shape index (κ1) is 19.7. The van der Waals surface area contributed by atoms with Gasteiger partial charge in [0.25, 0.3) is 0 Å². The number of unbranched alkanes of at least 4 members (excludes halogenated alkanes) is 1. The third-order valence-corrected chi connectivity index (χ3v) is 4.54. The highest BCUT2D eigenvalue weighted by atomic mass is 16.5. The number of anilines is 1. The Hall–Kier alpha value is -3.03. The number of ether oxygens (including phenoxy) is 3. The van der Waals surface area contributed by atoms with Crippen LogP contribution in [0.4, 0.5) is 5.95 Å². The summed E-state index contributed by atoms with van der Waals surface area (Å²) in [4.78, 5) is 16.7. The van der Waals surface area contributed by atoms with Crippen molar-refractivity contribution in [2.24, 2.45) is 0 Å². The number of benzene rings is 1. The van der Waals surface area contributed by atoms with E-state index >= 15 is 0 Å². The summed E-state index contributed by atoms with van der Waals surface area (Å²) >= 11 is 0. The van der Waals surface area contributed by atoms with Gasteiger partial charge in [-0.2, -0.15) is 10.1 Å². The van der Waals surface area contributed by atoms with Crippen molar-refractivity contribution in [3.05, 3.63) is 41.4 Å². The Bertz CT molecular complexity index is 875. The van der Waals surface area contributed by atoms with Gasteiger partial charge in [-0.25, -0.2) is 9.48 Å². The number of allylic oxidation sites excluding steroid dienone is 1. The summed E-state index contributed by atoms with van der Waals surface area (Å²) in [6.45, 7) is 7.00. The molecule has 1 N–H and O–H groups in total. The van der Waals surface area contributed by atoms with E-state index < -0.39 is 12.0 Å². The van der Waals surface area contributed by atoms with Gasteiger partial charge in [-0.1, -0.05) is 19.4 Å². The van der Waals surface area contributed by atoms with Gasteiger partial charge >= 0.3 is 5.97 Å². The summed E-state index contributed by atoms with van der Waals surface area (Å²) in [7, 11) is 1.37. The van der Waals surface area contributed by atoms with Crippen molar-refractivity contribution < 1.29 is 19.0 Å². The molecule has 1 aliphatic rings. The predicted octanol–water partition coefficient (Wildman–Crippen LogP) is 3.32. The van der Waals surface area contributed by atoms with Crippen LogP contribution in [0.1, 0.15) is 45.2 Å². The summed E-state index contributed by atoms with van der Waals surface area (Å²) in [6, 6.07) is 5.21. The Morgan fingerprint density at radius 1 is 1.25 bits per heavy atom. The number of rotatable bonds is 8. The standard InChI is InChI=1S/C20H26N4O4/c1-5-7-10-28-15-9-8-14(11-16(15)27-6-2)18-17(19(25)26-4)13(3)23-20-21-12-22-24(18)20/h8-9,11-12,18H,5-7,10H2,1-4H3,(H,21,22,23).